The molecule has 27 heteroatoms. The van der Waals surface area contributed by atoms with Crippen molar-refractivity contribution in [1.82, 2.24) is 29.9 Å². The molecule has 0 atom stereocenters. The van der Waals surface area contributed by atoms with Gasteiger partial charge in [0.05, 0.1) is 12.4 Å². The van der Waals surface area contributed by atoms with Gasteiger partial charge in [0, 0.05) is 216 Å². The summed E-state index contributed by atoms with van der Waals surface area (Å²) in [6, 6.07) is 73.2. The number of ketones is 1. The molecule has 5 radical (unpaired) electrons. The molecule has 13 rings (SSSR count). The second-order valence-electron chi connectivity index (χ2n) is 22.7. The van der Waals surface area contributed by atoms with E-state index in [0.29, 0.717) is 33.8 Å². The largest absolute Gasteiger partial charge is 0.512 e. The van der Waals surface area contributed by atoms with E-state index in [1.54, 1.807) is 92.4 Å². The van der Waals surface area contributed by atoms with Gasteiger partial charge in [-0.1, -0.05) is 115 Å². The van der Waals surface area contributed by atoms with Crippen LogP contribution in [0, 0.1) is 79.1 Å². The molecule has 13 nitrogen and oxygen atoms in total. The molecule has 0 bridgehead atoms. The molecule has 0 aliphatic carbocycles. The molecule has 6 aromatic heterocycles. The summed E-state index contributed by atoms with van der Waals surface area (Å²) in [6.45, 7) is 6.20. The van der Waals surface area contributed by atoms with Crippen molar-refractivity contribution in [2.45, 2.75) is 40.5 Å². The predicted molar refractivity (Wildman–Crippen MR) is 390 cm³/mol. The number of carboxylic acids is 1. The first-order chi connectivity index (χ1) is 50.7. The summed E-state index contributed by atoms with van der Waals surface area (Å²) in [6.07, 6.45) is 6.32. The van der Waals surface area contributed by atoms with Crippen molar-refractivity contribution < 1.29 is 165 Å². The number of aryl methyl sites for hydroxylation is 2. The Morgan fingerprint density at radius 2 is 0.883 bits per heavy atom. The van der Waals surface area contributed by atoms with Crippen LogP contribution in [0.5, 0.6) is 0 Å². The molecule has 0 saturated heterocycles. The topological polar surface area (TPSA) is 179 Å². The molecule has 13 aromatic rings. The maximum Gasteiger partial charge on any atom is 0.399 e. The minimum absolute atomic E-state index is 0. The number of para-hydroxylation sites is 2. The number of halogens is 9. The van der Waals surface area contributed by atoms with Crippen molar-refractivity contribution >= 4 is 34.5 Å². The molecule has 0 aliphatic heterocycles. The standard InChI is InChI=1S/C23H16FN2.C13H9F3N.C13H12FN2.C12H8F2NO.C12H8F2N.C6H5NO2.C5H8O2.5Ir/c24-19-13-11-18(12-14-19)23-17-22(15-16-25-23)26(20-7-3-1-4-8-20)21-9-5-2-6-10-21;1-9-6-10(12-4-2-3-5-17-12)8-11(7-9)13(14,15)16;1-16(2)12-7-8-15-13(9-12)10-3-5-11(14)6-4-10;13-9-1-2-10(11(14)6-9)12-5-8(7-16)3-4-15-12;1-8-4-5-15-12(6-8)10-3-2-9(13)7-11(10)14;8-6(9)5-3-1-2-4-7-5;1-4(6)3-5(2)7;;;;;/h1-11,13-17H;2-7H,1H3;3,5-9H,1-2H3;1,3-6,16H,7H2;2,4-7H,1H3;1-4H,(H,8,9);3,6H,1-2H3;;;;;/q5*-1;;;;;;;. The number of aliphatic hydroxyl groups excluding tert-OH is 2. The third kappa shape index (κ3) is 32.6. The molecule has 0 fully saturated rings. The molecule has 6 heterocycles. The first kappa shape index (κ1) is 97.4. The van der Waals surface area contributed by atoms with Crippen LogP contribution in [-0.2, 0) is 118 Å². The first-order valence-corrected chi connectivity index (χ1v) is 31.9. The average Bonchev–Trinajstić information content (AvgIpc) is 0.811. The maximum atomic E-state index is 13.4. The number of rotatable bonds is 12. The van der Waals surface area contributed by atoms with Crippen LogP contribution in [0.3, 0.4) is 0 Å². The van der Waals surface area contributed by atoms with Crippen LogP contribution < -0.4 is 9.80 Å². The van der Waals surface area contributed by atoms with Gasteiger partial charge in [-0.2, -0.15) is 13.2 Å². The van der Waals surface area contributed by atoms with E-state index in [0.717, 1.165) is 81.2 Å². The number of nitrogens with zero attached hydrogens (tertiary/aromatic N) is 8. The van der Waals surface area contributed by atoms with Crippen molar-refractivity contribution in [3.8, 4) is 56.3 Å². The van der Waals surface area contributed by atoms with Gasteiger partial charge in [-0.05, 0) is 127 Å². The van der Waals surface area contributed by atoms with Crippen molar-refractivity contribution in [2.24, 2.45) is 0 Å². The number of hydrogen-bond donors (Lipinski definition) is 3. The average molecular weight is 2400 g/mol. The minimum Gasteiger partial charge on any atom is -0.512 e. The summed E-state index contributed by atoms with van der Waals surface area (Å²) >= 11 is 0. The van der Waals surface area contributed by atoms with Crippen LogP contribution in [0.15, 0.2) is 267 Å². The van der Waals surface area contributed by atoms with Crippen LogP contribution in [0.1, 0.15) is 46.6 Å². The fourth-order valence-electron chi connectivity index (χ4n) is 9.26. The Morgan fingerprint density at radius 1 is 0.432 bits per heavy atom. The van der Waals surface area contributed by atoms with Gasteiger partial charge in [0.25, 0.3) is 0 Å². The van der Waals surface area contributed by atoms with Gasteiger partial charge in [0.15, 0.2) is 5.78 Å². The number of hydrogen-bond acceptors (Lipinski definition) is 12. The molecule has 0 aliphatic rings. The monoisotopic (exact) mass is 2400 g/mol. The molecule has 0 spiro atoms. The number of carbonyl (C=O) groups is 2. The van der Waals surface area contributed by atoms with Crippen molar-refractivity contribution in [2.75, 3.05) is 23.9 Å². The Morgan fingerprint density at radius 3 is 1.29 bits per heavy atom. The van der Waals surface area contributed by atoms with E-state index >= 15 is 0 Å². The molecule has 585 valence electrons. The van der Waals surface area contributed by atoms with Crippen molar-refractivity contribution in [3.63, 3.8) is 0 Å². The van der Waals surface area contributed by atoms with Gasteiger partial charge in [-0.15, -0.1) is 113 Å². The first-order valence-electron chi connectivity index (χ1n) is 31.9. The van der Waals surface area contributed by atoms with Gasteiger partial charge >= 0.3 is 12.1 Å². The summed E-state index contributed by atoms with van der Waals surface area (Å²) in [5, 5.41) is 25.6. The SMILES string of the molecule is CC(=O)C=C(C)O.CN(C)c1ccnc(-c2[c-]cc(F)cc2)c1.Cc1cc(-c2ccccn2)[c-]c(C(F)(F)F)c1.Cc1ccnc(-c2[c-]cc(F)cc2F)c1.Fc1c[c-]c(-c2cc(N(c3ccccc3)c3ccccc3)ccn2)cc1.O=C(O)c1ccccn1.OCc1ccnc(-c2[c-]cc(F)cc2F)c1.[Ir].[Ir].[Ir].[Ir].[Ir]. The zero-order valence-electron chi connectivity index (χ0n) is 59.3. The van der Waals surface area contributed by atoms with Crippen LogP contribution in [0.25, 0.3) is 56.3 Å². The maximum absolute atomic E-state index is 13.4. The van der Waals surface area contributed by atoms with E-state index in [-0.39, 0.29) is 147 Å². The van der Waals surface area contributed by atoms with Crippen LogP contribution in [0.4, 0.5) is 62.3 Å². The number of aromatic carboxylic acids is 1. The van der Waals surface area contributed by atoms with E-state index in [1.165, 1.54) is 68.7 Å². The van der Waals surface area contributed by atoms with Crippen LogP contribution >= 0.6 is 0 Å². The Kier molecular flexibility index (Phi) is 43.5. The molecule has 0 unspecified atom stereocenters. The molecule has 111 heavy (non-hydrogen) atoms. The molecule has 3 N–H and O–H groups in total. The Balaban J connectivity index is 0.000000449. The number of pyridine rings is 6. The molecular formula is C84H66F9Ir5N8O5-5. The summed E-state index contributed by atoms with van der Waals surface area (Å²) < 4.78 is 116. The van der Waals surface area contributed by atoms with Gasteiger partial charge in [0.1, 0.15) is 5.69 Å². The zero-order chi connectivity index (χ0) is 76.7. The van der Waals surface area contributed by atoms with Gasteiger partial charge in [0.2, 0.25) is 0 Å². The summed E-state index contributed by atoms with van der Waals surface area (Å²) in [4.78, 5) is 48.5. The Labute approximate surface area is 704 Å². The number of carboxylic acid groups (broad SMARTS) is 1. The summed E-state index contributed by atoms with van der Waals surface area (Å²) in [7, 11) is 3.93. The number of carbonyl (C=O) groups excluding carboxylic acids is 1. The van der Waals surface area contributed by atoms with Crippen molar-refractivity contribution in [3.05, 3.63) is 361 Å². The molecule has 0 amide bonds. The second-order valence-corrected chi connectivity index (χ2v) is 22.7. The summed E-state index contributed by atoms with van der Waals surface area (Å²) in [5.41, 5.74) is 10.6. The van der Waals surface area contributed by atoms with E-state index < -0.39 is 41.0 Å². The van der Waals surface area contributed by atoms with Crippen LogP contribution in [-0.4, -0.2) is 71.1 Å². The third-order valence-corrected chi connectivity index (χ3v) is 14.1. The number of aliphatic hydroxyl groups is 2. The van der Waals surface area contributed by atoms with E-state index in [9.17, 15) is 49.1 Å². The molecular weight excluding hydrogens is 2330 g/mol. The number of anilines is 4. The summed E-state index contributed by atoms with van der Waals surface area (Å²) in [5.74, 6) is -4.32. The van der Waals surface area contributed by atoms with Gasteiger partial charge in [-0.3, -0.25) is 31.1 Å². The smallest absolute Gasteiger partial charge is 0.399 e. The minimum atomic E-state index is -4.38. The van der Waals surface area contributed by atoms with E-state index in [4.69, 9.17) is 15.3 Å². The number of alkyl halides is 3. The third-order valence-electron chi connectivity index (χ3n) is 14.1. The quantitative estimate of drug-likeness (QED) is 0.0456. The Bertz CT molecular complexity index is 4960. The van der Waals surface area contributed by atoms with Gasteiger partial charge in [-0.25, -0.2) is 9.78 Å². The zero-order valence-corrected chi connectivity index (χ0v) is 71.3. The molecule has 7 aromatic carbocycles. The van der Waals surface area contributed by atoms with E-state index in [1.807, 2.05) is 92.6 Å². The van der Waals surface area contributed by atoms with Gasteiger partial charge < -0.3 is 50.0 Å². The van der Waals surface area contributed by atoms with Crippen molar-refractivity contribution in [1.29, 1.82) is 0 Å². The fourth-order valence-corrected chi connectivity index (χ4v) is 9.26. The number of allylic oxidation sites excluding steroid dienone is 2. The van der Waals surface area contributed by atoms with E-state index in [2.05, 4.69) is 89.4 Å². The normalized spacial score (nSPS) is 10.0. The second kappa shape index (κ2) is 49.5. The number of aromatic nitrogens is 6. The predicted octanol–water partition coefficient (Wildman–Crippen LogP) is 20.0. The number of benzene rings is 7. The Hall–Kier alpha value is -9.70. The molecule has 0 saturated carbocycles. The van der Waals surface area contributed by atoms with Crippen LogP contribution in [0.2, 0.25) is 0 Å². The fraction of sp³-hybridized carbons (Fsp3) is 0.0952.